The van der Waals surface area contributed by atoms with Gasteiger partial charge in [0, 0.05) is 18.8 Å². The molecule has 1 N–H and O–H groups in total. The van der Waals surface area contributed by atoms with Crippen molar-refractivity contribution in [2.75, 3.05) is 11.3 Å². The Morgan fingerprint density at radius 1 is 0.800 bits per heavy atom. The zero-order valence-electron chi connectivity index (χ0n) is 15.8. The van der Waals surface area contributed by atoms with Crippen molar-refractivity contribution in [1.29, 1.82) is 0 Å². The van der Waals surface area contributed by atoms with Gasteiger partial charge in [-0.1, -0.05) is 24.3 Å². The summed E-state index contributed by atoms with van der Waals surface area (Å²) >= 11 is 0. The summed E-state index contributed by atoms with van der Waals surface area (Å²) in [5.74, 6) is -0.506. The van der Waals surface area contributed by atoms with Gasteiger partial charge in [0.25, 0.3) is 10.0 Å². The molecule has 9 heteroatoms. The summed E-state index contributed by atoms with van der Waals surface area (Å²) in [6, 6.07) is 17.8. The van der Waals surface area contributed by atoms with E-state index in [2.05, 4.69) is 4.72 Å². The molecule has 0 saturated heterocycles. The van der Waals surface area contributed by atoms with Crippen molar-refractivity contribution in [3.05, 3.63) is 89.7 Å². The van der Waals surface area contributed by atoms with Crippen molar-refractivity contribution in [2.45, 2.75) is 22.8 Å². The van der Waals surface area contributed by atoms with Crippen molar-refractivity contribution >= 4 is 25.7 Å². The number of benzene rings is 3. The minimum absolute atomic E-state index is 0.0216. The zero-order valence-corrected chi connectivity index (χ0v) is 17.5. The van der Waals surface area contributed by atoms with E-state index in [0.717, 1.165) is 23.3 Å². The summed E-state index contributed by atoms with van der Waals surface area (Å²) in [6.07, 6.45) is 0.501. The van der Waals surface area contributed by atoms with Gasteiger partial charge in [0.2, 0.25) is 10.0 Å². The van der Waals surface area contributed by atoms with E-state index in [-0.39, 0.29) is 16.3 Å². The maximum atomic E-state index is 13.2. The van der Waals surface area contributed by atoms with Crippen LogP contribution >= 0.6 is 0 Å². The third-order valence-electron chi connectivity index (χ3n) is 4.94. The molecule has 156 valence electrons. The van der Waals surface area contributed by atoms with Crippen molar-refractivity contribution in [2.24, 2.45) is 0 Å². The Bertz CT molecular complexity index is 1280. The minimum Gasteiger partial charge on any atom is -0.280 e. The molecule has 0 bridgehead atoms. The van der Waals surface area contributed by atoms with Crippen LogP contribution in [0, 0.1) is 5.82 Å². The van der Waals surface area contributed by atoms with E-state index >= 15 is 0 Å². The number of hydrogen-bond donors (Lipinski definition) is 1. The van der Waals surface area contributed by atoms with Crippen LogP contribution in [0.5, 0.6) is 0 Å². The Morgan fingerprint density at radius 2 is 1.50 bits per heavy atom. The molecule has 1 heterocycles. The van der Waals surface area contributed by atoms with E-state index in [0.29, 0.717) is 18.7 Å². The summed E-state index contributed by atoms with van der Waals surface area (Å²) in [5.41, 5.74) is 2.04. The van der Waals surface area contributed by atoms with E-state index < -0.39 is 25.9 Å². The molecular formula is C21H19FN2O4S2. The van der Waals surface area contributed by atoms with Crippen molar-refractivity contribution in [3.63, 3.8) is 0 Å². The van der Waals surface area contributed by atoms with Crippen molar-refractivity contribution in [1.82, 2.24) is 4.31 Å². The molecule has 1 aliphatic heterocycles. The van der Waals surface area contributed by atoms with Gasteiger partial charge < -0.3 is 0 Å². The van der Waals surface area contributed by atoms with E-state index in [9.17, 15) is 21.2 Å². The topological polar surface area (TPSA) is 83.6 Å². The van der Waals surface area contributed by atoms with Gasteiger partial charge in [-0.15, -0.1) is 0 Å². The molecule has 0 saturated carbocycles. The summed E-state index contributed by atoms with van der Waals surface area (Å²) in [4.78, 5) is 0.163. The summed E-state index contributed by atoms with van der Waals surface area (Å²) < 4.78 is 67.9. The van der Waals surface area contributed by atoms with Gasteiger partial charge in [-0.3, -0.25) is 4.72 Å². The molecule has 1 aliphatic rings. The van der Waals surface area contributed by atoms with Crippen LogP contribution in [0.25, 0.3) is 0 Å². The number of fused-ring (bicyclic) bond motifs is 1. The summed E-state index contributed by atoms with van der Waals surface area (Å²) in [7, 11) is -7.53. The number of anilines is 1. The van der Waals surface area contributed by atoms with Gasteiger partial charge in [0.1, 0.15) is 5.82 Å². The second-order valence-corrected chi connectivity index (χ2v) is 10.6. The largest absolute Gasteiger partial charge is 0.280 e. The number of rotatable bonds is 5. The quantitative estimate of drug-likeness (QED) is 0.651. The highest BCUT2D eigenvalue weighted by Crippen LogP contribution is 2.28. The molecular weight excluding hydrogens is 427 g/mol. The highest BCUT2D eigenvalue weighted by molar-refractivity contribution is 7.92. The van der Waals surface area contributed by atoms with Crippen molar-refractivity contribution in [3.8, 4) is 0 Å². The van der Waals surface area contributed by atoms with Gasteiger partial charge in [0.15, 0.2) is 0 Å². The molecule has 6 nitrogen and oxygen atoms in total. The van der Waals surface area contributed by atoms with E-state index in [1.54, 1.807) is 36.4 Å². The monoisotopic (exact) mass is 446 g/mol. The van der Waals surface area contributed by atoms with Crippen LogP contribution in [0.2, 0.25) is 0 Å². The fourth-order valence-corrected chi connectivity index (χ4v) is 5.86. The third kappa shape index (κ3) is 4.09. The molecule has 0 aromatic heterocycles. The lowest BCUT2D eigenvalue weighted by atomic mass is 10.0. The Kier molecular flexibility index (Phi) is 5.35. The molecule has 30 heavy (non-hydrogen) atoms. The molecule has 0 unspecified atom stereocenters. The highest BCUT2D eigenvalue weighted by Gasteiger charge is 2.28. The number of halogens is 1. The average Bonchev–Trinajstić information content (AvgIpc) is 2.74. The smallest absolute Gasteiger partial charge is 0.261 e. The third-order valence-corrected chi connectivity index (χ3v) is 8.20. The van der Waals surface area contributed by atoms with Gasteiger partial charge in [-0.2, -0.15) is 4.31 Å². The molecule has 0 atom stereocenters. The molecule has 3 aromatic rings. The average molecular weight is 447 g/mol. The SMILES string of the molecule is O=S(=O)(Nc1ccc2c(c1)CN(S(=O)(=O)c1ccc(F)cc1)CC2)c1ccccc1. The molecule has 3 aromatic carbocycles. The maximum Gasteiger partial charge on any atom is 0.261 e. The lowest BCUT2D eigenvalue weighted by Gasteiger charge is -2.28. The number of nitrogens with one attached hydrogen (secondary N) is 1. The van der Waals surface area contributed by atoms with Gasteiger partial charge in [-0.05, 0) is 66.1 Å². The molecule has 0 aliphatic carbocycles. The standard InChI is InChI=1S/C21H19FN2O4S2/c22-18-7-10-21(11-8-18)30(27,28)24-13-12-16-6-9-19(14-17(16)15-24)23-29(25,26)20-4-2-1-3-5-20/h1-11,14,23H,12-13,15H2. The predicted octanol–water partition coefficient (Wildman–Crippen LogP) is 3.37. The lowest BCUT2D eigenvalue weighted by molar-refractivity contribution is 0.391. The van der Waals surface area contributed by atoms with Crippen LogP contribution < -0.4 is 4.72 Å². The fraction of sp³-hybridized carbons (Fsp3) is 0.143. The fourth-order valence-electron chi connectivity index (χ4n) is 3.37. The summed E-state index contributed by atoms with van der Waals surface area (Å²) in [6.45, 7) is 0.401. The van der Waals surface area contributed by atoms with Gasteiger partial charge in [-0.25, -0.2) is 21.2 Å². The Labute approximate surface area is 175 Å². The highest BCUT2D eigenvalue weighted by atomic mass is 32.2. The Hall–Kier alpha value is -2.75. The maximum absolute atomic E-state index is 13.2. The van der Waals surface area contributed by atoms with E-state index in [4.69, 9.17) is 0 Å². The van der Waals surface area contributed by atoms with Crippen LogP contribution in [0.15, 0.2) is 82.6 Å². The van der Waals surface area contributed by atoms with Gasteiger partial charge in [0.05, 0.1) is 9.79 Å². The molecule has 4 rings (SSSR count). The Balaban J connectivity index is 1.59. The molecule has 0 radical (unpaired) electrons. The van der Waals surface area contributed by atoms with Crippen LogP contribution in [0.1, 0.15) is 11.1 Å². The van der Waals surface area contributed by atoms with Crippen LogP contribution in [-0.2, 0) is 33.0 Å². The second kappa shape index (κ2) is 7.82. The zero-order chi connectivity index (χ0) is 21.4. The van der Waals surface area contributed by atoms with Crippen LogP contribution in [0.4, 0.5) is 10.1 Å². The Morgan fingerprint density at radius 3 is 2.20 bits per heavy atom. The predicted molar refractivity (Wildman–Crippen MR) is 111 cm³/mol. The number of hydrogen-bond acceptors (Lipinski definition) is 4. The molecule has 0 amide bonds. The van der Waals surface area contributed by atoms with Crippen LogP contribution in [-0.4, -0.2) is 27.7 Å². The summed E-state index contributed by atoms with van der Waals surface area (Å²) in [5, 5.41) is 0. The van der Waals surface area contributed by atoms with Gasteiger partial charge >= 0.3 is 0 Å². The number of sulfonamides is 2. The normalized spacial score (nSPS) is 14.8. The van der Waals surface area contributed by atoms with E-state index in [1.165, 1.54) is 28.6 Å². The number of nitrogens with zero attached hydrogens (tertiary/aromatic N) is 1. The van der Waals surface area contributed by atoms with Crippen molar-refractivity contribution < 1.29 is 21.2 Å². The first-order valence-electron chi connectivity index (χ1n) is 9.21. The second-order valence-electron chi connectivity index (χ2n) is 6.94. The lowest BCUT2D eigenvalue weighted by Crippen LogP contribution is -2.36. The molecule has 0 fully saturated rings. The first-order valence-corrected chi connectivity index (χ1v) is 12.1. The minimum atomic E-state index is -3.78. The van der Waals surface area contributed by atoms with E-state index in [1.807, 2.05) is 0 Å². The first kappa shape index (κ1) is 20.5. The molecule has 0 spiro atoms. The first-order chi connectivity index (χ1) is 14.3. The van der Waals surface area contributed by atoms with Crippen LogP contribution in [0.3, 0.4) is 0 Å².